The molecule has 3 aromatic heterocycles. The van der Waals surface area contributed by atoms with Crippen molar-refractivity contribution in [2.75, 3.05) is 57.5 Å². The molecule has 3 aliphatic rings. The van der Waals surface area contributed by atoms with Gasteiger partial charge in [0.15, 0.2) is 17.0 Å². The molecule has 0 radical (unpaired) electrons. The fourth-order valence-corrected chi connectivity index (χ4v) is 5.28. The van der Waals surface area contributed by atoms with E-state index in [4.69, 9.17) is 34.1 Å². The summed E-state index contributed by atoms with van der Waals surface area (Å²) in [5, 5.41) is 0. The number of aryl methyl sites for hydroxylation is 1. The molecule has 194 valence electrons. The number of fused-ring (bicyclic) bond motifs is 2. The average molecular weight is 505 g/mol. The first kappa shape index (κ1) is 22.9. The Hall–Kier alpha value is -3.28. The molecular formula is C26H32N8O3. The molecule has 4 aromatic rings. The Bertz CT molecular complexity index is 1450. The molecule has 0 N–H and O–H groups in total. The highest BCUT2D eigenvalue weighted by Gasteiger charge is 2.38. The summed E-state index contributed by atoms with van der Waals surface area (Å²) in [4.78, 5) is 24.6. The third-order valence-electron chi connectivity index (χ3n) is 7.55. The van der Waals surface area contributed by atoms with Gasteiger partial charge in [0.25, 0.3) is 6.01 Å². The molecule has 3 fully saturated rings. The van der Waals surface area contributed by atoms with E-state index in [-0.39, 0.29) is 12.0 Å². The Morgan fingerprint density at radius 3 is 2.49 bits per heavy atom. The number of imidazole rings is 2. The maximum Gasteiger partial charge on any atom is 0.298 e. The Balaban J connectivity index is 1.32. The monoisotopic (exact) mass is 504 g/mol. The van der Waals surface area contributed by atoms with Crippen molar-refractivity contribution >= 4 is 28.0 Å². The van der Waals surface area contributed by atoms with Gasteiger partial charge in [-0.15, -0.1) is 0 Å². The Morgan fingerprint density at radius 2 is 1.76 bits per heavy atom. The number of likely N-dealkylation sites (tertiary alicyclic amines) is 1. The zero-order chi connectivity index (χ0) is 25.1. The SMILES string of the molecule is CC(C)c1nc2ccccc2n1-c1nc(N2CCOCC2)c2nc(OC3CN(C4COC4)C3)n(C)c2n1. The number of nitrogens with zero attached hydrogens (tertiary/aromatic N) is 8. The highest BCUT2D eigenvalue weighted by molar-refractivity contribution is 5.86. The van der Waals surface area contributed by atoms with Crippen molar-refractivity contribution < 1.29 is 14.2 Å². The number of aromatic nitrogens is 6. The molecule has 3 aliphatic heterocycles. The fourth-order valence-electron chi connectivity index (χ4n) is 5.28. The van der Waals surface area contributed by atoms with E-state index in [0.29, 0.717) is 31.2 Å². The molecule has 0 spiro atoms. The van der Waals surface area contributed by atoms with Crippen LogP contribution in [0.1, 0.15) is 25.6 Å². The Kier molecular flexibility index (Phi) is 5.52. The number of para-hydroxylation sites is 2. The van der Waals surface area contributed by atoms with Crippen molar-refractivity contribution in [1.82, 2.24) is 34.0 Å². The van der Waals surface area contributed by atoms with E-state index in [2.05, 4.69) is 34.3 Å². The van der Waals surface area contributed by atoms with Gasteiger partial charge in [-0.2, -0.15) is 15.0 Å². The molecule has 0 aliphatic carbocycles. The number of morpholine rings is 1. The molecule has 37 heavy (non-hydrogen) atoms. The Morgan fingerprint density at radius 1 is 0.973 bits per heavy atom. The van der Waals surface area contributed by atoms with Crippen LogP contribution in [0, 0.1) is 0 Å². The number of benzene rings is 1. The molecule has 1 aromatic carbocycles. The van der Waals surface area contributed by atoms with Crippen LogP contribution in [0.4, 0.5) is 5.82 Å². The van der Waals surface area contributed by atoms with E-state index in [9.17, 15) is 0 Å². The molecule has 7 rings (SSSR count). The fraction of sp³-hybridized carbons (Fsp3) is 0.538. The summed E-state index contributed by atoms with van der Waals surface area (Å²) in [5.41, 5.74) is 3.43. The predicted molar refractivity (Wildman–Crippen MR) is 139 cm³/mol. The minimum absolute atomic E-state index is 0.112. The molecule has 0 amide bonds. The molecule has 11 nitrogen and oxygen atoms in total. The van der Waals surface area contributed by atoms with E-state index in [1.165, 1.54) is 0 Å². The molecule has 3 saturated heterocycles. The second-order valence-corrected chi connectivity index (χ2v) is 10.4. The van der Waals surface area contributed by atoms with Crippen LogP contribution in [0.15, 0.2) is 24.3 Å². The minimum Gasteiger partial charge on any atom is -0.459 e. The molecular weight excluding hydrogens is 472 g/mol. The molecule has 0 unspecified atom stereocenters. The van der Waals surface area contributed by atoms with E-state index >= 15 is 0 Å². The van der Waals surface area contributed by atoms with Crippen molar-refractivity contribution in [1.29, 1.82) is 0 Å². The normalized spacial score (nSPS) is 19.6. The Labute approximate surface area is 215 Å². The molecule has 0 atom stereocenters. The second kappa shape index (κ2) is 8.93. The summed E-state index contributed by atoms with van der Waals surface area (Å²) in [6, 6.07) is 9.25. The van der Waals surface area contributed by atoms with Crippen LogP contribution in [-0.4, -0.2) is 98.7 Å². The van der Waals surface area contributed by atoms with Gasteiger partial charge in [-0.05, 0) is 12.1 Å². The number of ether oxygens (including phenoxy) is 3. The van der Waals surface area contributed by atoms with Crippen LogP contribution >= 0.6 is 0 Å². The van der Waals surface area contributed by atoms with Crippen molar-refractivity contribution in [2.45, 2.75) is 31.9 Å². The summed E-state index contributed by atoms with van der Waals surface area (Å²) in [5.74, 6) is 2.54. The van der Waals surface area contributed by atoms with Crippen LogP contribution < -0.4 is 9.64 Å². The average Bonchev–Trinajstić information content (AvgIpc) is 3.40. The third-order valence-corrected chi connectivity index (χ3v) is 7.55. The summed E-state index contributed by atoms with van der Waals surface area (Å²) >= 11 is 0. The van der Waals surface area contributed by atoms with Gasteiger partial charge in [0.05, 0.1) is 43.5 Å². The van der Waals surface area contributed by atoms with Crippen LogP contribution in [-0.2, 0) is 16.5 Å². The highest BCUT2D eigenvalue weighted by atomic mass is 16.5. The van der Waals surface area contributed by atoms with Gasteiger partial charge in [-0.25, -0.2) is 4.98 Å². The number of anilines is 1. The van der Waals surface area contributed by atoms with Gasteiger partial charge >= 0.3 is 0 Å². The predicted octanol–water partition coefficient (Wildman–Crippen LogP) is 2.12. The quantitative estimate of drug-likeness (QED) is 0.391. The number of rotatable bonds is 6. The lowest BCUT2D eigenvalue weighted by Crippen LogP contribution is -2.63. The lowest BCUT2D eigenvalue weighted by atomic mass is 10.1. The summed E-state index contributed by atoms with van der Waals surface area (Å²) in [7, 11) is 1.97. The zero-order valence-electron chi connectivity index (χ0n) is 21.5. The maximum absolute atomic E-state index is 6.36. The van der Waals surface area contributed by atoms with Gasteiger partial charge in [0, 0.05) is 39.1 Å². The van der Waals surface area contributed by atoms with Crippen LogP contribution in [0.3, 0.4) is 0 Å². The van der Waals surface area contributed by atoms with E-state index in [1.807, 2.05) is 29.8 Å². The largest absolute Gasteiger partial charge is 0.459 e. The second-order valence-electron chi connectivity index (χ2n) is 10.4. The minimum atomic E-state index is 0.112. The summed E-state index contributed by atoms with van der Waals surface area (Å²) in [6.45, 7) is 10.5. The van der Waals surface area contributed by atoms with Crippen molar-refractivity contribution in [3.8, 4) is 12.0 Å². The smallest absolute Gasteiger partial charge is 0.298 e. The van der Waals surface area contributed by atoms with Gasteiger partial charge in [-0.3, -0.25) is 14.0 Å². The number of hydrogen-bond acceptors (Lipinski definition) is 9. The van der Waals surface area contributed by atoms with E-state index in [1.54, 1.807) is 0 Å². The molecule has 0 saturated carbocycles. The van der Waals surface area contributed by atoms with Crippen molar-refractivity contribution in [3.63, 3.8) is 0 Å². The molecule has 0 bridgehead atoms. The molecule has 6 heterocycles. The lowest BCUT2D eigenvalue weighted by molar-refractivity contribution is -0.117. The molecule has 11 heteroatoms. The van der Waals surface area contributed by atoms with Crippen LogP contribution in [0.2, 0.25) is 0 Å². The van der Waals surface area contributed by atoms with Gasteiger partial charge in [0.2, 0.25) is 5.95 Å². The van der Waals surface area contributed by atoms with Crippen molar-refractivity contribution in [3.05, 3.63) is 30.1 Å². The van der Waals surface area contributed by atoms with E-state index < -0.39 is 0 Å². The summed E-state index contributed by atoms with van der Waals surface area (Å²) < 4.78 is 21.4. The van der Waals surface area contributed by atoms with E-state index in [0.717, 1.165) is 73.2 Å². The standard InChI is InChI=1S/C26H32N8O3/c1-16(2)22-27-19-6-4-5-7-20(19)34(22)25-29-23-21(24(30-25)32-8-10-35-11-9-32)28-26(31(23)3)37-18-12-33(13-18)17-14-36-15-17/h4-7,16-18H,8-15H2,1-3H3. The topological polar surface area (TPSA) is 95.6 Å². The van der Waals surface area contributed by atoms with Crippen LogP contribution in [0.5, 0.6) is 6.01 Å². The summed E-state index contributed by atoms with van der Waals surface area (Å²) in [6.07, 6.45) is 0.112. The van der Waals surface area contributed by atoms with Gasteiger partial charge < -0.3 is 19.1 Å². The lowest BCUT2D eigenvalue weighted by Gasteiger charge is -2.46. The first-order chi connectivity index (χ1) is 18.1. The number of hydrogen-bond donors (Lipinski definition) is 0. The highest BCUT2D eigenvalue weighted by Crippen LogP contribution is 2.32. The van der Waals surface area contributed by atoms with Gasteiger partial charge in [-0.1, -0.05) is 26.0 Å². The third kappa shape index (κ3) is 3.84. The zero-order valence-corrected chi connectivity index (χ0v) is 21.5. The first-order valence-corrected chi connectivity index (χ1v) is 13.1. The van der Waals surface area contributed by atoms with Crippen LogP contribution in [0.25, 0.3) is 28.1 Å². The van der Waals surface area contributed by atoms with Crippen molar-refractivity contribution in [2.24, 2.45) is 7.05 Å². The maximum atomic E-state index is 6.36. The first-order valence-electron chi connectivity index (χ1n) is 13.1. The van der Waals surface area contributed by atoms with Gasteiger partial charge in [0.1, 0.15) is 11.9 Å².